The van der Waals surface area contributed by atoms with E-state index in [4.69, 9.17) is 4.99 Å². The smallest absolute Gasteiger partial charge is 0.191 e. The van der Waals surface area contributed by atoms with Crippen LogP contribution in [-0.2, 0) is 6.54 Å². The highest BCUT2D eigenvalue weighted by molar-refractivity contribution is 5.80. The Morgan fingerprint density at radius 2 is 2.12 bits per heavy atom. The van der Waals surface area contributed by atoms with Gasteiger partial charge in [-0.15, -0.1) is 0 Å². The predicted octanol–water partition coefficient (Wildman–Crippen LogP) is 2.68. The standard InChI is InChI=1S/C20H31N5/c1-3-21-20(23-16-18-9-6-13-24(18)2)22-12-7-14-25-15-11-17-8-4-5-10-19(17)25/h4-5,8,10-11,15,18H,3,6-7,9,12-14,16H2,1-2H3,(H2,21,22,23). The molecule has 5 nitrogen and oxygen atoms in total. The molecule has 1 fully saturated rings. The number of nitrogens with zero attached hydrogens (tertiary/aromatic N) is 3. The number of para-hydroxylation sites is 1. The first-order chi connectivity index (χ1) is 12.3. The maximum absolute atomic E-state index is 4.78. The monoisotopic (exact) mass is 341 g/mol. The minimum absolute atomic E-state index is 0.599. The molecule has 0 saturated carbocycles. The summed E-state index contributed by atoms with van der Waals surface area (Å²) in [6.45, 7) is 7.05. The Bertz CT molecular complexity index is 690. The minimum Gasteiger partial charge on any atom is -0.357 e. The van der Waals surface area contributed by atoms with E-state index in [2.05, 4.69) is 70.6 Å². The Morgan fingerprint density at radius 1 is 1.24 bits per heavy atom. The Labute approximate surface area is 151 Å². The average molecular weight is 342 g/mol. The normalized spacial score (nSPS) is 18.8. The van der Waals surface area contributed by atoms with Crippen molar-refractivity contribution in [1.82, 2.24) is 20.1 Å². The third-order valence-electron chi connectivity index (χ3n) is 5.02. The van der Waals surface area contributed by atoms with Crippen molar-refractivity contribution in [3.63, 3.8) is 0 Å². The van der Waals surface area contributed by atoms with Crippen LogP contribution < -0.4 is 10.6 Å². The Balaban J connectivity index is 1.46. The van der Waals surface area contributed by atoms with E-state index < -0.39 is 0 Å². The third kappa shape index (κ3) is 4.75. The zero-order valence-corrected chi connectivity index (χ0v) is 15.5. The van der Waals surface area contributed by atoms with Gasteiger partial charge >= 0.3 is 0 Å². The molecule has 1 unspecified atom stereocenters. The van der Waals surface area contributed by atoms with Gasteiger partial charge in [-0.1, -0.05) is 18.2 Å². The van der Waals surface area contributed by atoms with Gasteiger partial charge in [-0.3, -0.25) is 4.99 Å². The van der Waals surface area contributed by atoms with Gasteiger partial charge in [0.25, 0.3) is 0 Å². The molecule has 1 aliphatic rings. The van der Waals surface area contributed by atoms with Crippen LogP contribution in [0.4, 0.5) is 0 Å². The van der Waals surface area contributed by atoms with E-state index in [0.717, 1.165) is 38.6 Å². The van der Waals surface area contributed by atoms with Gasteiger partial charge < -0.3 is 20.1 Å². The number of likely N-dealkylation sites (tertiary alicyclic amines) is 1. The molecule has 5 heteroatoms. The molecular formula is C20H31N5. The first-order valence-corrected chi connectivity index (χ1v) is 9.54. The quantitative estimate of drug-likeness (QED) is 0.462. The highest BCUT2D eigenvalue weighted by atomic mass is 15.2. The predicted molar refractivity (Wildman–Crippen MR) is 106 cm³/mol. The van der Waals surface area contributed by atoms with Gasteiger partial charge in [0.05, 0.1) is 6.54 Å². The summed E-state index contributed by atoms with van der Waals surface area (Å²) in [6.07, 6.45) is 5.82. The molecule has 1 aromatic heterocycles. The van der Waals surface area contributed by atoms with E-state index in [1.165, 1.54) is 30.3 Å². The number of benzene rings is 1. The number of guanidine groups is 1. The molecule has 3 rings (SSSR count). The lowest BCUT2D eigenvalue weighted by Gasteiger charge is -2.18. The lowest BCUT2D eigenvalue weighted by atomic mass is 10.2. The highest BCUT2D eigenvalue weighted by Gasteiger charge is 2.20. The second-order valence-corrected chi connectivity index (χ2v) is 6.84. The fraction of sp³-hybridized carbons (Fsp3) is 0.550. The largest absolute Gasteiger partial charge is 0.357 e. The summed E-state index contributed by atoms with van der Waals surface area (Å²) in [5.74, 6) is 0.945. The Morgan fingerprint density at radius 3 is 2.92 bits per heavy atom. The first kappa shape index (κ1) is 17.8. The van der Waals surface area contributed by atoms with Crippen molar-refractivity contribution in [2.45, 2.75) is 38.8 Å². The molecule has 1 atom stereocenters. The number of aliphatic imine (C=N–C) groups is 1. The summed E-state index contributed by atoms with van der Waals surface area (Å²) in [5, 5.41) is 8.15. The van der Waals surface area contributed by atoms with Gasteiger partial charge in [0.1, 0.15) is 0 Å². The number of likely N-dealkylation sites (N-methyl/N-ethyl adjacent to an activating group) is 1. The Kier molecular flexibility index (Phi) is 6.34. The fourth-order valence-corrected chi connectivity index (χ4v) is 3.54. The number of nitrogens with one attached hydrogen (secondary N) is 2. The fourth-order valence-electron chi connectivity index (χ4n) is 3.54. The van der Waals surface area contributed by atoms with Crippen LogP contribution in [0.3, 0.4) is 0 Å². The van der Waals surface area contributed by atoms with Crippen LogP contribution in [0.15, 0.2) is 41.5 Å². The highest BCUT2D eigenvalue weighted by Crippen LogP contribution is 2.15. The van der Waals surface area contributed by atoms with Crippen LogP contribution in [0.1, 0.15) is 26.2 Å². The summed E-state index contributed by atoms with van der Waals surface area (Å²) in [6, 6.07) is 11.3. The molecule has 1 saturated heterocycles. The second-order valence-electron chi connectivity index (χ2n) is 6.84. The van der Waals surface area contributed by atoms with E-state index in [9.17, 15) is 0 Å². The molecule has 25 heavy (non-hydrogen) atoms. The van der Waals surface area contributed by atoms with Gasteiger partial charge in [0.15, 0.2) is 5.96 Å². The summed E-state index contributed by atoms with van der Waals surface area (Å²) < 4.78 is 2.33. The maximum atomic E-state index is 4.78. The van der Waals surface area contributed by atoms with Crippen LogP contribution in [0.25, 0.3) is 10.9 Å². The molecule has 1 aromatic carbocycles. The number of fused-ring (bicyclic) bond motifs is 1. The van der Waals surface area contributed by atoms with E-state index in [0.29, 0.717) is 6.04 Å². The molecule has 0 radical (unpaired) electrons. The summed E-state index contributed by atoms with van der Waals surface area (Å²) in [5.41, 5.74) is 1.31. The van der Waals surface area contributed by atoms with Crippen molar-refractivity contribution >= 4 is 16.9 Å². The van der Waals surface area contributed by atoms with Crippen molar-refractivity contribution in [3.8, 4) is 0 Å². The van der Waals surface area contributed by atoms with Crippen LogP contribution >= 0.6 is 0 Å². The minimum atomic E-state index is 0.599. The molecule has 1 aliphatic heterocycles. The van der Waals surface area contributed by atoms with E-state index >= 15 is 0 Å². The van der Waals surface area contributed by atoms with Gasteiger partial charge in [-0.2, -0.15) is 0 Å². The van der Waals surface area contributed by atoms with Crippen LogP contribution in [0.5, 0.6) is 0 Å². The number of hydrogen-bond donors (Lipinski definition) is 2. The van der Waals surface area contributed by atoms with E-state index in [-0.39, 0.29) is 0 Å². The first-order valence-electron chi connectivity index (χ1n) is 9.54. The molecule has 2 N–H and O–H groups in total. The molecule has 0 spiro atoms. The number of hydrogen-bond acceptors (Lipinski definition) is 2. The molecule has 0 aliphatic carbocycles. The SMILES string of the molecule is CCNC(=NCC1CCCN1C)NCCCn1ccc2ccccc21. The lowest BCUT2D eigenvalue weighted by Crippen LogP contribution is -2.39. The zero-order valence-electron chi connectivity index (χ0n) is 15.5. The summed E-state index contributed by atoms with van der Waals surface area (Å²) >= 11 is 0. The summed E-state index contributed by atoms with van der Waals surface area (Å²) in [7, 11) is 2.20. The second kappa shape index (κ2) is 8.90. The molecule has 0 amide bonds. The van der Waals surface area contributed by atoms with Crippen molar-refractivity contribution in [3.05, 3.63) is 36.5 Å². The lowest BCUT2D eigenvalue weighted by molar-refractivity contribution is 0.317. The molecule has 0 bridgehead atoms. The number of aromatic nitrogens is 1. The Hall–Kier alpha value is -2.01. The van der Waals surface area contributed by atoms with E-state index in [1.54, 1.807) is 0 Å². The number of rotatable bonds is 7. The summed E-state index contributed by atoms with van der Waals surface area (Å²) in [4.78, 5) is 7.20. The molecule has 136 valence electrons. The van der Waals surface area contributed by atoms with Gasteiger partial charge in [-0.25, -0.2) is 0 Å². The van der Waals surface area contributed by atoms with Crippen LogP contribution in [0, 0.1) is 0 Å². The van der Waals surface area contributed by atoms with Crippen LogP contribution in [-0.4, -0.2) is 54.7 Å². The average Bonchev–Trinajstić information content (AvgIpc) is 3.22. The van der Waals surface area contributed by atoms with Crippen molar-refractivity contribution in [1.29, 1.82) is 0 Å². The van der Waals surface area contributed by atoms with Crippen LogP contribution in [0.2, 0.25) is 0 Å². The third-order valence-corrected chi connectivity index (χ3v) is 5.02. The molecular weight excluding hydrogens is 310 g/mol. The molecule has 2 aromatic rings. The van der Waals surface area contributed by atoms with Gasteiger partial charge in [-0.05, 0) is 57.3 Å². The molecule has 2 heterocycles. The van der Waals surface area contributed by atoms with Crippen molar-refractivity contribution in [2.75, 3.05) is 33.2 Å². The van der Waals surface area contributed by atoms with Crippen molar-refractivity contribution in [2.24, 2.45) is 4.99 Å². The van der Waals surface area contributed by atoms with Gasteiger partial charge in [0.2, 0.25) is 0 Å². The number of aryl methyl sites for hydroxylation is 1. The van der Waals surface area contributed by atoms with E-state index in [1.807, 2.05) is 0 Å². The van der Waals surface area contributed by atoms with Crippen molar-refractivity contribution < 1.29 is 0 Å². The topological polar surface area (TPSA) is 44.6 Å². The zero-order chi connectivity index (χ0) is 17.5. The van der Waals surface area contributed by atoms with Gasteiger partial charge in [0, 0.05) is 37.4 Å². The maximum Gasteiger partial charge on any atom is 0.191 e.